The van der Waals surface area contributed by atoms with Gasteiger partial charge in [-0.25, -0.2) is 4.39 Å². The molecule has 106 valence electrons. The number of benzene rings is 1. The van der Waals surface area contributed by atoms with E-state index in [2.05, 4.69) is 20.7 Å². The zero-order valence-corrected chi connectivity index (χ0v) is 11.2. The fourth-order valence-electron chi connectivity index (χ4n) is 1.59. The van der Waals surface area contributed by atoms with Crippen LogP contribution in [0.3, 0.4) is 0 Å². The highest BCUT2D eigenvalue weighted by molar-refractivity contribution is 5.91. The van der Waals surface area contributed by atoms with Gasteiger partial charge in [-0.05, 0) is 31.5 Å². The zero-order valence-electron chi connectivity index (χ0n) is 11.2. The Morgan fingerprint density at radius 3 is 2.90 bits per heavy atom. The first-order valence-corrected chi connectivity index (χ1v) is 6.15. The number of hydrogen-bond donors (Lipinski definition) is 2. The first kappa shape index (κ1) is 14.0. The van der Waals surface area contributed by atoms with Crippen molar-refractivity contribution >= 4 is 5.91 Å². The van der Waals surface area contributed by atoms with Crippen molar-refractivity contribution in [3.63, 3.8) is 0 Å². The molecule has 0 saturated carbocycles. The number of hydrogen-bond acceptors (Lipinski definition) is 4. The van der Waals surface area contributed by atoms with E-state index >= 15 is 0 Å². The number of rotatable bonds is 5. The molecule has 0 unspecified atom stereocenters. The summed E-state index contributed by atoms with van der Waals surface area (Å²) >= 11 is 0. The van der Waals surface area contributed by atoms with Crippen LogP contribution in [0, 0.1) is 5.82 Å². The predicted octanol–water partition coefficient (Wildman–Crippen LogP) is 1.66. The lowest BCUT2D eigenvalue weighted by Crippen LogP contribution is -2.23. The van der Waals surface area contributed by atoms with Gasteiger partial charge in [-0.1, -0.05) is 6.07 Å². The smallest absolute Gasteiger partial charge is 0.273 e. The van der Waals surface area contributed by atoms with E-state index in [1.54, 1.807) is 12.1 Å². The first-order valence-electron chi connectivity index (χ1n) is 6.15. The second kappa shape index (κ2) is 6.14. The Bertz CT molecular complexity index is 584. The van der Waals surface area contributed by atoms with E-state index in [4.69, 9.17) is 4.74 Å². The van der Waals surface area contributed by atoms with Crippen molar-refractivity contribution in [1.82, 2.24) is 20.7 Å². The second-order valence-electron chi connectivity index (χ2n) is 4.47. The van der Waals surface area contributed by atoms with Crippen molar-refractivity contribution < 1.29 is 13.9 Å². The molecule has 0 fully saturated rings. The Labute approximate surface area is 115 Å². The van der Waals surface area contributed by atoms with Crippen LogP contribution in [0.4, 0.5) is 4.39 Å². The fourth-order valence-corrected chi connectivity index (χ4v) is 1.59. The number of carbonyl (C=O) groups is 1. The monoisotopic (exact) mass is 278 g/mol. The minimum atomic E-state index is -0.452. The number of carbonyl (C=O) groups excluding carboxylic acids is 1. The van der Waals surface area contributed by atoms with Gasteiger partial charge in [0.1, 0.15) is 0 Å². The standard InChI is InChI=1S/C13H15FN4O2/c1-8(2)20-12-4-3-9(5-10(12)14)6-15-13(19)11-7-16-18-17-11/h3-5,7-8H,6H2,1-2H3,(H,15,19)(H,16,17,18). The Morgan fingerprint density at radius 2 is 2.30 bits per heavy atom. The molecule has 7 heteroatoms. The van der Waals surface area contributed by atoms with Crippen molar-refractivity contribution in [2.24, 2.45) is 0 Å². The molecule has 1 heterocycles. The number of amides is 1. The number of nitrogens with zero attached hydrogens (tertiary/aromatic N) is 2. The molecule has 0 aliphatic carbocycles. The van der Waals surface area contributed by atoms with Crippen molar-refractivity contribution in [1.29, 1.82) is 0 Å². The molecule has 1 aromatic heterocycles. The van der Waals surface area contributed by atoms with Crippen LogP contribution >= 0.6 is 0 Å². The van der Waals surface area contributed by atoms with Gasteiger partial charge >= 0.3 is 0 Å². The maximum atomic E-state index is 13.7. The lowest BCUT2D eigenvalue weighted by atomic mass is 10.2. The third-order valence-electron chi connectivity index (χ3n) is 2.46. The normalized spacial score (nSPS) is 10.6. The van der Waals surface area contributed by atoms with Crippen LogP contribution in [0.15, 0.2) is 24.4 Å². The molecule has 2 rings (SSSR count). The Morgan fingerprint density at radius 1 is 1.50 bits per heavy atom. The van der Waals surface area contributed by atoms with E-state index in [9.17, 15) is 9.18 Å². The van der Waals surface area contributed by atoms with E-state index in [0.29, 0.717) is 5.56 Å². The molecular formula is C13H15FN4O2. The van der Waals surface area contributed by atoms with Gasteiger partial charge in [0, 0.05) is 6.54 Å². The van der Waals surface area contributed by atoms with Crippen LogP contribution in [0.5, 0.6) is 5.75 Å². The minimum Gasteiger partial charge on any atom is -0.488 e. The summed E-state index contributed by atoms with van der Waals surface area (Å²) in [4.78, 5) is 11.6. The van der Waals surface area contributed by atoms with Crippen molar-refractivity contribution in [2.45, 2.75) is 26.5 Å². The average molecular weight is 278 g/mol. The van der Waals surface area contributed by atoms with E-state index in [0.717, 1.165) is 0 Å². The summed E-state index contributed by atoms with van der Waals surface area (Å²) in [5.74, 6) is -0.625. The van der Waals surface area contributed by atoms with Crippen molar-refractivity contribution in [3.8, 4) is 5.75 Å². The van der Waals surface area contributed by atoms with Gasteiger partial charge in [0.15, 0.2) is 17.3 Å². The summed E-state index contributed by atoms with van der Waals surface area (Å²) < 4.78 is 19.0. The first-order chi connectivity index (χ1) is 9.56. The van der Waals surface area contributed by atoms with E-state index < -0.39 is 5.82 Å². The molecule has 0 saturated heterocycles. The van der Waals surface area contributed by atoms with Gasteiger partial charge < -0.3 is 10.1 Å². The molecule has 0 aliphatic rings. The van der Waals surface area contributed by atoms with Crippen LogP contribution in [0.25, 0.3) is 0 Å². The maximum absolute atomic E-state index is 13.7. The molecule has 0 spiro atoms. The van der Waals surface area contributed by atoms with Crippen LogP contribution in [-0.4, -0.2) is 27.4 Å². The second-order valence-corrected chi connectivity index (χ2v) is 4.47. The van der Waals surface area contributed by atoms with Gasteiger partial charge in [-0.3, -0.25) is 4.79 Å². The predicted molar refractivity (Wildman–Crippen MR) is 69.7 cm³/mol. The Kier molecular flexibility index (Phi) is 4.29. The van der Waals surface area contributed by atoms with Crippen LogP contribution in [-0.2, 0) is 6.54 Å². The Hall–Kier alpha value is -2.44. The summed E-state index contributed by atoms with van der Waals surface area (Å²) in [6.45, 7) is 3.85. The summed E-state index contributed by atoms with van der Waals surface area (Å²) in [5.41, 5.74) is 0.820. The van der Waals surface area contributed by atoms with Gasteiger partial charge in [0.2, 0.25) is 0 Å². The number of ether oxygens (including phenoxy) is 1. The summed E-state index contributed by atoms with van der Waals surface area (Å²) in [6.07, 6.45) is 1.22. The van der Waals surface area contributed by atoms with Gasteiger partial charge in [0.05, 0.1) is 12.3 Å². The third kappa shape index (κ3) is 3.53. The topological polar surface area (TPSA) is 79.9 Å². The molecule has 0 radical (unpaired) electrons. The number of H-pyrrole nitrogens is 1. The Balaban J connectivity index is 1.97. The SMILES string of the molecule is CC(C)Oc1ccc(CNC(=O)c2cn[nH]n2)cc1F. The quantitative estimate of drug-likeness (QED) is 0.871. The van der Waals surface area contributed by atoms with E-state index in [1.165, 1.54) is 12.3 Å². The van der Waals surface area contributed by atoms with Gasteiger partial charge in [-0.15, -0.1) is 0 Å². The van der Waals surface area contributed by atoms with Crippen LogP contribution in [0.1, 0.15) is 29.9 Å². The van der Waals surface area contributed by atoms with E-state index in [-0.39, 0.29) is 30.0 Å². The number of aromatic nitrogens is 3. The van der Waals surface area contributed by atoms with Crippen molar-refractivity contribution in [3.05, 3.63) is 41.5 Å². The van der Waals surface area contributed by atoms with Gasteiger partial charge in [-0.2, -0.15) is 15.4 Å². The average Bonchev–Trinajstić information content (AvgIpc) is 2.92. The zero-order chi connectivity index (χ0) is 14.5. The maximum Gasteiger partial charge on any atom is 0.273 e. The lowest BCUT2D eigenvalue weighted by Gasteiger charge is -2.11. The highest BCUT2D eigenvalue weighted by atomic mass is 19.1. The molecule has 1 amide bonds. The van der Waals surface area contributed by atoms with Crippen LogP contribution < -0.4 is 10.1 Å². The van der Waals surface area contributed by atoms with Gasteiger partial charge in [0.25, 0.3) is 5.91 Å². The number of halogens is 1. The third-order valence-corrected chi connectivity index (χ3v) is 2.46. The number of aromatic amines is 1. The highest BCUT2D eigenvalue weighted by Crippen LogP contribution is 2.19. The summed E-state index contributed by atoms with van der Waals surface area (Å²) in [6, 6.07) is 4.58. The largest absolute Gasteiger partial charge is 0.488 e. The molecule has 0 aliphatic heterocycles. The molecule has 2 aromatic rings. The molecule has 1 aromatic carbocycles. The summed E-state index contributed by atoms with van der Waals surface area (Å²) in [7, 11) is 0. The minimum absolute atomic E-state index is 0.0952. The highest BCUT2D eigenvalue weighted by Gasteiger charge is 2.10. The molecule has 20 heavy (non-hydrogen) atoms. The number of nitrogens with one attached hydrogen (secondary N) is 2. The van der Waals surface area contributed by atoms with E-state index in [1.807, 2.05) is 13.8 Å². The fraction of sp³-hybridized carbons (Fsp3) is 0.308. The molecule has 6 nitrogen and oxygen atoms in total. The lowest BCUT2D eigenvalue weighted by molar-refractivity contribution is 0.0946. The molecule has 0 atom stereocenters. The molecular weight excluding hydrogens is 263 g/mol. The summed E-state index contributed by atoms with van der Waals surface area (Å²) in [5, 5.41) is 12.2. The van der Waals surface area contributed by atoms with Crippen LogP contribution in [0.2, 0.25) is 0 Å². The molecule has 0 bridgehead atoms. The van der Waals surface area contributed by atoms with Crippen molar-refractivity contribution in [2.75, 3.05) is 0 Å². The molecule has 2 N–H and O–H groups in total.